The Bertz CT molecular complexity index is 614. The highest BCUT2D eigenvalue weighted by molar-refractivity contribution is 5.73. The van der Waals surface area contributed by atoms with Crippen LogP contribution in [0.3, 0.4) is 0 Å². The van der Waals surface area contributed by atoms with Crippen molar-refractivity contribution in [2.75, 3.05) is 12.8 Å². The summed E-state index contributed by atoms with van der Waals surface area (Å²) in [6, 6.07) is 6.21. The van der Waals surface area contributed by atoms with Gasteiger partial charge in [0, 0.05) is 23.4 Å². The van der Waals surface area contributed by atoms with Gasteiger partial charge >= 0.3 is 0 Å². The quantitative estimate of drug-likeness (QED) is 0.872. The molecule has 0 aliphatic heterocycles. The monoisotopic (exact) mass is 272 g/mol. The van der Waals surface area contributed by atoms with Gasteiger partial charge < -0.3 is 15.0 Å². The van der Waals surface area contributed by atoms with E-state index in [2.05, 4.69) is 14.8 Å². The molecule has 1 aliphatic rings. The van der Waals surface area contributed by atoms with E-state index in [4.69, 9.17) is 10.5 Å². The van der Waals surface area contributed by atoms with Crippen LogP contribution in [0.2, 0.25) is 0 Å². The molecule has 0 amide bonds. The molecular formula is C15H20N4O. The number of benzene rings is 1. The van der Waals surface area contributed by atoms with Crippen molar-refractivity contribution in [1.82, 2.24) is 14.8 Å². The van der Waals surface area contributed by atoms with Gasteiger partial charge in [0.2, 0.25) is 0 Å². The van der Waals surface area contributed by atoms with Crippen molar-refractivity contribution >= 4 is 5.69 Å². The molecule has 2 aromatic rings. The van der Waals surface area contributed by atoms with Crippen molar-refractivity contribution in [3.63, 3.8) is 0 Å². The largest absolute Gasteiger partial charge is 0.497 e. The summed E-state index contributed by atoms with van der Waals surface area (Å²) in [6.07, 6.45) is 4.95. The zero-order valence-corrected chi connectivity index (χ0v) is 12.0. The minimum Gasteiger partial charge on any atom is -0.497 e. The third-order valence-electron chi connectivity index (χ3n) is 4.06. The van der Waals surface area contributed by atoms with Gasteiger partial charge in [-0.05, 0) is 31.9 Å². The Hall–Kier alpha value is -2.04. The highest BCUT2D eigenvalue weighted by Gasteiger charge is 2.23. The Balaban J connectivity index is 2.06. The summed E-state index contributed by atoms with van der Waals surface area (Å²) in [4.78, 5) is 0. The molecule has 0 radical (unpaired) electrons. The van der Waals surface area contributed by atoms with E-state index < -0.39 is 0 Å². The van der Waals surface area contributed by atoms with Crippen LogP contribution in [0.1, 0.15) is 37.5 Å². The van der Waals surface area contributed by atoms with Crippen LogP contribution in [-0.4, -0.2) is 21.9 Å². The molecule has 0 unspecified atom stereocenters. The average Bonchev–Trinajstić information content (AvgIpc) is 3.07. The number of nitrogens with zero attached hydrogens (tertiary/aromatic N) is 3. The summed E-state index contributed by atoms with van der Waals surface area (Å²) < 4.78 is 7.44. The number of rotatable bonds is 3. The molecule has 0 bridgehead atoms. The molecule has 0 spiro atoms. The maximum absolute atomic E-state index is 6.14. The fraction of sp³-hybridized carbons (Fsp3) is 0.467. The molecule has 3 rings (SSSR count). The van der Waals surface area contributed by atoms with Gasteiger partial charge in [-0.15, -0.1) is 10.2 Å². The van der Waals surface area contributed by atoms with Gasteiger partial charge in [0.25, 0.3) is 0 Å². The second kappa shape index (κ2) is 5.15. The number of nitrogen functional groups attached to an aromatic ring is 1. The number of methoxy groups -OCH3 is 1. The van der Waals surface area contributed by atoms with Crippen molar-refractivity contribution in [2.45, 2.75) is 38.6 Å². The first kappa shape index (κ1) is 13.0. The number of aromatic nitrogens is 3. The van der Waals surface area contributed by atoms with Gasteiger partial charge in [-0.2, -0.15) is 0 Å². The second-order valence-electron chi connectivity index (χ2n) is 5.33. The number of hydrogen-bond donors (Lipinski definition) is 1. The van der Waals surface area contributed by atoms with E-state index in [1.54, 1.807) is 7.11 Å². The Morgan fingerprint density at radius 2 is 2.00 bits per heavy atom. The molecule has 0 saturated heterocycles. The number of anilines is 1. The smallest absolute Gasteiger partial charge is 0.166 e. The lowest BCUT2D eigenvalue weighted by Gasteiger charge is -2.16. The van der Waals surface area contributed by atoms with Crippen LogP contribution in [0.25, 0.3) is 11.4 Å². The molecule has 0 atom stereocenters. The SMILES string of the molecule is COc1ccc(-c2nnc(C)n2C2CCCC2)c(N)c1. The van der Waals surface area contributed by atoms with Crippen LogP contribution in [0, 0.1) is 6.92 Å². The van der Waals surface area contributed by atoms with Crippen molar-refractivity contribution in [2.24, 2.45) is 0 Å². The summed E-state index contributed by atoms with van der Waals surface area (Å²) >= 11 is 0. The molecule has 1 saturated carbocycles. The van der Waals surface area contributed by atoms with E-state index in [9.17, 15) is 0 Å². The van der Waals surface area contributed by atoms with E-state index in [0.717, 1.165) is 23.0 Å². The summed E-state index contributed by atoms with van der Waals surface area (Å²) in [5, 5.41) is 8.59. The van der Waals surface area contributed by atoms with E-state index in [1.165, 1.54) is 25.7 Å². The van der Waals surface area contributed by atoms with Gasteiger partial charge in [-0.3, -0.25) is 0 Å². The van der Waals surface area contributed by atoms with Crippen molar-refractivity contribution in [3.8, 4) is 17.1 Å². The Morgan fingerprint density at radius 3 is 2.65 bits per heavy atom. The van der Waals surface area contributed by atoms with E-state index in [0.29, 0.717) is 11.7 Å². The fourth-order valence-electron chi connectivity index (χ4n) is 3.02. The van der Waals surface area contributed by atoms with E-state index in [1.807, 2.05) is 25.1 Å². The van der Waals surface area contributed by atoms with Crippen LogP contribution in [-0.2, 0) is 0 Å². The molecule has 106 valence electrons. The van der Waals surface area contributed by atoms with E-state index in [-0.39, 0.29) is 0 Å². The number of ether oxygens (including phenoxy) is 1. The van der Waals surface area contributed by atoms with Crippen LogP contribution in [0.5, 0.6) is 5.75 Å². The lowest BCUT2D eigenvalue weighted by atomic mass is 10.1. The molecule has 20 heavy (non-hydrogen) atoms. The van der Waals surface area contributed by atoms with Crippen molar-refractivity contribution in [3.05, 3.63) is 24.0 Å². The number of aryl methyl sites for hydroxylation is 1. The van der Waals surface area contributed by atoms with Crippen LogP contribution < -0.4 is 10.5 Å². The van der Waals surface area contributed by atoms with Gasteiger partial charge in [0.1, 0.15) is 11.6 Å². The highest BCUT2D eigenvalue weighted by Crippen LogP contribution is 2.36. The Morgan fingerprint density at radius 1 is 1.25 bits per heavy atom. The highest BCUT2D eigenvalue weighted by atomic mass is 16.5. The molecule has 5 heteroatoms. The first-order valence-electron chi connectivity index (χ1n) is 7.06. The fourth-order valence-corrected chi connectivity index (χ4v) is 3.02. The van der Waals surface area contributed by atoms with Crippen LogP contribution >= 0.6 is 0 Å². The summed E-state index contributed by atoms with van der Waals surface area (Å²) in [6.45, 7) is 2.01. The topological polar surface area (TPSA) is 66.0 Å². The maximum atomic E-state index is 6.14. The van der Waals surface area contributed by atoms with E-state index >= 15 is 0 Å². The van der Waals surface area contributed by atoms with Crippen molar-refractivity contribution in [1.29, 1.82) is 0 Å². The summed E-state index contributed by atoms with van der Waals surface area (Å²) in [5.41, 5.74) is 7.75. The number of nitrogens with two attached hydrogens (primary N) is 1. The molecule has 2 N–H and O–H groups in total. The lowest BCUT2D eigenvalue weighted by molar-refractivity contribution is 0.415. The van der Waals surface area contributed by atoms with Gasteiger partial charge in [-0.1, -0.05) is 12.8 Å². The molecule has 1 heterocycles. The minimum absolute atomic E-state index is 0.501. The first-order valence-corrected chi connectivity index (χ1v) is 7.06. The zero-order valence-electron chi connectivity index (χ0n) is 12.0. The molecule has 1 aromatic carbocycles. The van der Waals surface area contributed by atoms with Crippen LogP contribution in [0.15, 0.2) is 18.2 Å². The number of hydrogen-bond acceptors (Lipinski definition) is 4. The molecule has 1 aromatic heterocycles. The lowest BCUT2D eigenvalue weighted by Crippen LogP contribution is -2.09. The van der Waals surface area contributed by atoms with Gasteiger partial charge in [0.05, 0.1) is 7.11 Å². The summed E-state index contributed by atoms with van der Waals surface area (Å²) in [5.74, 6) is 2.59. The molecule has 5 nitrogen and oxygen atoms in total. The Kier molecular flexibility index (Phi) is 3.34. The maximum Gasteiger partial charge on any atom is 0.166 e. The first-order chi connectivity index (χ1) is 9.70. The standard InChI is InChI=1S/C15H20N4O/c1-10-17-18-15(19(10)11-5-3-4-6-11)13-8-7-12(20-2)9-14(13)16/h7-9,11H,3-6,16H2,1-2H3. The molecular weight excluding hydrogens is 252 g/mol. The molecule has 1 aliphatic carbocycles. The third kappa shape index (κ3) is 2.13. The normalized spacial score (nSPS) is 15.7. The van der Waals surface area contributed by atoms with Crippen LogP contribution in [0.4, 0.5) is 5.69 Å². The van der Waals surface area contributed by atoms with Gasteiger partial charge in [-0.25, -0.2) is 0 Å². The third-order valence-corrected chi connectivity index (χ3v) is 4.06. The zero-order chi connectivity index (χ0) is 14.1. The molecule has 1 fully saturated rings. The Labute approximate surface area is 118 Å². The minimum atomic E-state index is 0.501. The van der Waals surface area contributed by atoms with Crippen molar-refractivity contribution < 1.29 is 4.74 Å². The second-order valence-corrected chi connectivity index (χ2v) is 5.33. The average molecular weight is 272 g/mol. The predicted octanol–water partition coefficient (Wildman–Crippen LogP) is 2.96. The summed E-state index contributed by atoms with van der Waals surface area (Å²) in [7, 11) is 1.64. The predicted molar refractivity (Wildman–Crippen MR) is 78.7 cm³/mol. The van der Waals surface area contributed by atoms with Gasteiger partial charge in [0.15, 0.2) is 5.82 Å².